The second-order valence-corrected chi connectivity index (χ2v) is 6.94. The molecule has 0 spiro atoms. The van der Waals surface area contributed by atoms with Crippen LogP contribution in [0.25, 0.3) is 0 Å². The Kier molecular flexibility index (Phi) is 10.4. The zero-order valence-electron chi connectivity index (χ0n) is 15.6. The van der Waals surface area contributed by atoms with Crippen LogP contribution in [0.2, 0.25) is 0 Å². The van der Waals surface area contributed by atoms with Gasteiger partial charge >= 0.3 is 0 Å². The predicted octanol–water partition coefficient (Wildman–Crippen LogP) is 3.44. The minimum atomic E-state index is 0. The van der Waals surface area contributed by atoms with E-state index in [1.54, 1.807) is 14.2 Å². The van der Waals surface area contributed by atoms with Crippen LogP contribution in [-0.4, -0.2) is 44.8 Å². The molecule has 1 aromatic carbocycles. The van der Waals surface area contributed by atoms with E-state index in [0.29, 0.717) is 6.54 Å². The molecule has 0 aromatic heterocycles. The molecule has 0 saturated carbocycles. The molecule has 0 amide bonds. The van der Waals surface area contributed by atoms with E-state index in [9.17, 15) is 0 Å². The van der Waals surface area contributed by atoms with Gasteiger partial charge in [0.05, 0.1) is 7.11 Å². The first-order valence-corrected chi connectivity index (χ1v) is 9.87. The van der Waals surface area contributed by atoms with Gasteiger partial charge in [0, 0.05) is 37.7 Å². The SMILES string of the molecule is CN=C(NCCCCSC)NCc1cc2c(cc1OC)CC(C)O2.I. The van der Waals surface area contributed by atoms with Gasteiger partial charge in [-0.25, -0.2) is 0 Å². The molecule has 7 heteroatoms. The molecule has 0 saturated heterocycles. The molecule has 5 nitrogen and oxygen atoms in total. The lowest BCUT2D eigenvalue weighted by Crippen LogP contribution is -2.37. The molecule has 2 rings (SSSR count). The van der Waals surface area contributed by atoms with Gasteiger partial charge in [0.15, 0.2) is 5.96 Å². The highest BCUT2D eigenvalue weighted by atomic mass is 127. The van der Waals surface area contributed by atoms with Crippen molar-refractivity contribution in [3.63, 3.8) is 0 Å². The third-order valence-corrected chi connectivity index (χ3v) is 4.73. The molecule has 1 aliphatic heterocycles. The Bertz CT molecular complexity index is 569. The Morgan fingerprint density at radius 3 is 2.84 bits per heavy atom. The molecule has 0 fully saturated rings. The van der Waals surface area contributed by atoms with Crippen molar-refractivity contribution in [2.24, 2.45) is 4.99 Å². The Morgan fingerprint density at radius 1 is 1.36 bits per heavy atom. The van der Waals surface area contributed by atoms with Crippen molar-refractivity contribution in [1.82, 2.24) is 10.6 Å². The van der Waals surface area contributed by atoms with Crippen molar-refractivity contribution in [1.29, 1.82) is 0 Å². The number of hydrogen-bond acceptors (Lipinski definition) is 4. The molecular formula is C18H30IN3O2S. The molecule has 1 unspecified atom stereocenters. The largest absolute Gasteiger partial charge is 0.496 e. The topological polar surface area (TPSA) is 54.9 Å². The van der Waals surface area contributed by atoms with Gasteiger partial charge in [-0.15, -0.1) is 24.0 Å². The minimum absolute atomic E-state index is 0. The van der Waals surface area contributed by atoms with Gasteiger partial charge in [0.2, 0.25) is 0 Å². The molecule has 25 heavy (non-hydrogen) atoms. The number of rotatable bonds is 8. The number of thioether (sulfide) groups is 1. The lowest BCUT2D eigenvalue weighted by Gasteiger charge is -2.15. The van der Waals surface area contributed by atoms with Gasteiger partial charge < -0.3 is 20.1 Å². The van der Waals surface area contributed by atoms with E-state index >= 15 is 0 Å². The maximum absolute atomic E-state index is 5.85. The molecule has 0 radical (unpaired) electrons. The number of fused-ring (bicyclic) bond motifs is 1. The zero-order valence-corrected chi connectivity index (χ0v) is 18.7. The molecule has 1 atom stereocenters. The fraction of sp³-hybridized carbons (Fsp3) is 0.611. The summed E-state index contributed by atoms with van der Waals surface area (Å²) in [4.78, 5) is 4.28. The van der Waals surface area contributed by atoms with Crippen molar-refractivity contribution in [2.75, 3.05) is 32.7 Å². The molecular weight excluding hydrogens is 449 g/mol. The summed E-state index contributed by atoms with van der Waals surface area (Å²) in [6, 6.07) is 4.17. The Morgan fingerprint density at radius 2 is 2.16 bits per heavy atom. The van der Waals surface area contributed by atoms with E-state index in [-0.39, 0.29) is 30.1 Å². The lowest BCUT2D eigenvalue weighted by atomic mass is 10.1. The third-order valence-electron chi connectivity index (χ3n) is 4.04. The fourth-order valence-electron chi connectivity index (χ4n) is 2.79. The van der Waals surface area contributed by atoms with Gasteiger partial charge in [0.1, 0.15) is 17.6 Å². The molecule has 1 aromatic rings. The smallest absolute Gasteiger partial charge is 0.191 e. The van der Waals surface area contributed by atoms with Gasteiger partial charge in [-0.1, -0.05) is 0 Å². The first-order chi connectivity index (χ1) is 11.7. The molecule has 142 valence electrons. The number of benzene rings is 1. The highest BCUT2D eigenvalue weighted by Gasteiger charge is 2.21. The van der Waals surface area contributed by atoms with Crippen LogP contribution in [0.15, 0.2) is 17.1 Å². The third kappa shape index (κ3) is 6.77. The van der Waals surface area contributed by atoms with Gasteiger partial charge in [-0.05, 0) is 43.9 Å². The second-order valence-electron chi connectivity index (χ2n) is 5.96. The number of nitrogens with one attached hydrogen (secondary N) is 2. The number of unbranched alkanes of at least 4 members (excludes halogenated alkanes) is 1. The average molecular weight is 479 g/mol. The lowest BCUT2D eigenvalue weighted by molar-refractivity contribution is 0.254. The summed E-state index contributed by atoms with van der Waals surface area (Å²) in [7, 11) is 3.51. The predicted molar refractivity (Wildman–Crippen MR) is 118 cm³/mol. The van der Waals surface area contributed by atoms with E-state index < -0.39 is 0 Å². The summed E-state index contributed by atoms with van der Waals surface area (Å²) in [5, 5.41) is 6.70. The van der Waals surface area contributed by atoms with E-state index in [1.807, 2.05) is 11.8 Å². The Labute approximate surface area is 172 Å². The van der Waals surface area contributed by atoms with E-state index in [2.05, 4.69) is 40.9 Å². The van der Waals surface area contributed by atoms with Crippen LogP contribution in [0, 0.1) is 0 Å². The fourth-order valence-corrected chi connectivity index (χ4v) is 3.28. The van der Waals surface area contributed by atoms with Gasteiger partial charge in [0.25, 0.3) is 0 Å². The number of aliphatic imine (C=N–C) groups is 1. The molecule has 0 aliphatic carbocycles. The molecule has 0 bridgehead atoms. The first-order valence-electron chi connectivity index (χ1n) is 8.47. The van der Waals surface area contributed by atoms with Gasteiger partial charge in [-0.2, -0.15) is 11.8 Å². The number of guanidine groups is 1. The van der Waals surface area contributed by atoms with Crippen LogP contribution in [-0.2, 0) is 13.0 Å². The Balaban J connectivity index is 0.00000312. The van der Waals surface area contributed by atoms with Crippen molar-refractivity contribution in [3.8, 4) is 11.5 Å². The normalized spacial score (nSPS) is 15.8. The quantitative estimate of drug-likeness (QED) is 0.259. The van der Waals surface area contributed by atoms with Crippen LogP contribution in [0.5, 0.6) is 11.5 Å². The highest BCUT2D eigenvalue weighted by Crippen LogP contribution is 2.34. The van der Waals surface area contributed by atoms with Crippen LogP contribution in [0.4, 0.5) is 0 Å². The summed E-state index contributed by atoms with van der Waals surface area (Å²) in [5.74, 6) is 3.89. The molecule has 1 aliphatic rings. The van der Waals surface area contributed by atoms with E-state index in [0.717, 1.165) is 42.4 Å². The second kappa shape index (κ2) is 11.7. The van der Waals surface area contributed by atoms with E-state index in [4.69, 9.17) is 9.47 Å². The zero-order chi connectivity index (χ0) is 17.4. The minimum Gasteiger partial charge on any atom is -0.496 e. The number of nitrogens with zero attached hydrogens (tertiary/aromatic N) is 1. The number of ether oxygens (including phenoxy) is 2. The number of halogens is 1. The maximum atomic E-state index is 5.85. The van der Waals surface area contributed by atoms with Crippen LogP contribution in [0.1, 0.15) is 30.9 Å². The number of hydrogen-bond donors (Lipinski definition) is 2. The summed E-state index contributed by atoms with van der Waals surface area (Å²) in [6.45, 7) is 3.67. The monoisotopic (exact) mass is 479 g/mol. The van der Waals surface area contributed by atoms with Crippen LogP contribution >= 0.6 is 35.7 Å². The highest BCUT2D eigenvalue weighted by molar-refractivity contribution is 14.0. The Hall–Kier alpha value is -0.830. The summed E-state index contributed by atoms with van der Waals surface area (Å²) in [5.41, 5.74) is 2.30. The molecule has 1 heterocycles. The first kappa shape index (κ1) is 22.2. The van der Waals surface area contributed by atoms with Crippen molar-refractivity contribution in [3.05, 3.63) is 23.3 Å². The average Bonchev–Trinajstić information content (AvgIpc) is 2.95. The van der Waals surface area contributed by atoms with Crippen molar-refractivity contribution < 1.29 is 9.47 Å². The summed E-state index contributed by atoms with van der Waals surface area (Å²) in [6.07, 6.45) is 5.69. The molecule has 2 N–H and O–H groups in total. The van der Waals surface area contributed by atoms with Crippen molar-refractivity contribution >= 4 is 41.7 Å². The van der Waals surface area contributed by atoms with Crippen LogP contribution < -0.4 is 20.1 Å². The van der Waals surface area contributed by atoms with Crippen molar-refractivity contribution in [2.45, 2.75) is 38.8 Å². The van der Waals surface area contributed by atoms with Crippen LogP contribution in [0.3, 0.4) is 0 Å². The van der Waals surface area contributed by atoms with E-state index in [1.165, 1.54) is 17.7 Å². The van der Waals surface area contributed by atoms with Gasteiger partial charge in [-0.3, -0.25) is 4.99 Å². The standard InChI is InChI=1S/C18H29N3O2S.HI/c1-13-9-14-10-16(22-3)15(11-17(14)23-13)12-21-18(19-2)20-7-5-6-8-24-4;/h10-11,13H,5-9,12H2,1-4H3,(H2,19,20,21);1H. The summed E-state index contributed by atoms with van der Waals surface area (Å²) >= 11 is 1.89. The summed E-state index contributed by atoms with van der Waals surface area (Å²) < 4.78 is 11.4. The number of methoxy groups -OCH3 is 1. The maximum Gasteiger partial charge on any atom is 0.191 e.